The lowest BCUT2D eigenvalue weighted by Crippen LogP contribution is -2.29. The van der Waals surface area contributed by atoms with Crippen molar-refractivity contribution in [1.29, 1.82) is 0 Å². The van der Waals surface area contributed by atoms with Crippen LogP contribution in [0.3, 0.4) is 0 Å². The predicted octanol–water partition coefficient (Wildman–Crippen LogP) is 3.25. The largest absolute Gasteiger partial charge is 0.310 e. The third-order valence-corrected chi connectivity index (χ3v) is 6.26. The Balaban J connectivity index is 1.74. The molecule has 5 heteroatoms. The van der Waals surface area contributed by atoms with E-state index in [2.05, 4.69) is 24.0 Å². The lowest BCUT2D eigenvalue weighted by atomic mass is 10.2. The van der Waals surface area contributed by atoms with Crippen LogP contribution in [0.2, 0.25) is 0 Å². The minimum atomic E-state index is 0.0891. The summed E-state index contributed by atoms with van der Waals surface area (Å²) in [4.78, 5) is 12.9. The van der Waals surface area contributed by atoms with E-state index >= 15 is 0 Å². The summed E-state index contributed by atoms with van der Waals surface area (Å²) in [6.45, 7) is 4.92. The fourth-order valence-corrected chi connectivity index (χ4v) is 4.73. The van der Waals surface area contributed by atoms with Gasteiger partial charge in [0.15, 0.2) is 0 Å². The Bertz CT molecular complexity index is 735. The fraction of sp³-hybridized carbons (Fsp3) is 0.526. The van der Waals surface area contributed by atoms with E-state index in [0.29, 0.717) is 12.6 Å². The van der Waals surface area contributed by atoms with Gasteiger partial charge in [0.2, 0.25) is 0 Å². The third kappa shape index (κ3) is 3.47. The molecule has 1 aromatic heterocycles. The van der Waals surface area contributed by atoms with Crippen LogP contribution in [0.4, 0.5) is 0 Å². The van der Waals surface area contributed by atoms with E-state index in [-0.39, 0.29) is 5.56 Å². The summed E-state index contributed by atoms with van der Waals surface area (Å²) in [6, 6.07) is 10.4. The standard InChI is InChI=1S/C19H27N3OS/c1-4-24-17-11-10-15(12-17)20-13-18-14(2)21(3)22(19(18)23)16-8-6-5-7-9-16/h5-9,15,17,20H,4,10-13H2,1-3H3/t15-,17+/m0/s1. The molecule has 0 saturated heterocycles. The van der Waals surface area contributed by atoms with Gasteiger partial charge in [-0.15, -0.1) is 0 Å². The molecule has 130 valence electrons. The molecule has 4 nitrogen and oxygen atoms in total. The Morgan fingerprint density at radius 3 is 2.71 bits per heavy atom. The molecule has 2 aromatic rings. The summed E-state index contributed by atoms with van der Waals surface area (Å²) in [5, 5.41) is 4.40. The summed E-state index contributed by atoms with van der Waals surface area (Å²) in [5.41, 5.74) is 2.92. The van der Waals surface area contributed by atoms with E-state index in [9.17, 15) is 4.79 Å². The molecular weight excluding hydrogens is 318 g/mol. The highest BCUT2D eigenvalue weighted by molar-refractivity contribution is 7.99. The van der Waals surface area contributed by atoms with Gasteiger partial charge in [0.05, 0.1) is 11.3 Å². The Hall–Kier alpha value is -1.46. The molecule has 0 aliphatic heterocycles. The van der Waals surface area contributed by atoms with Gasteiger partial charge in [0.25, 0.3) is 5.56 Å². The highest BCUT2D eigenvalue weighted by Crippen LogP contribution is 2.29. The maximum atomic E-state index is 12.9. The molecule has 1 aliphatic rings. The van der Waals surface area contributed by atoms with Gasteiger partial charge in [-0.3, -0.25) is 9.48 Å². The average molecular weight is 346 g/mol. The van der Waals surface area contributed by atoms with Crippen molar-refractivity contribution >= 4 is 11.8 Å². The zero-order valence-electron chi connectivity index (χ0n) is 14.8. The van der Waals surface area contributed by atoms with Crippen LogP contribution in [0.15, 0.2) is 35.1 Å². The van der Waals surface area contributed by atoms with Crippen LogP contribution in [0.25, 0.3) is 5.69 Å². The zero-order chi connectivity index (χ0) is 17.1. The molecule has 1 fully saturated rings. The smallest absolute Gasteiger partial charge is 0.276 e. The average Bonchev–Trinajstić information content (AvgIpc) is 3.11. The predicted molar refractivity (Wildman–Crippen MR) is 102 cm³/mol. The van der Waals surface area contributed by atoms with Crippen LogP contribution in [-0.4, -0.2) is 26.4 Å². The summed E-state index contributed by atoms with van der Waals surface area (Å²) >= 11 is 2.06. The van der Waals surface area contributed by atoms with E-state index in [1.807, 2.05) is 49.0 Å². The van der Waals surface area contributed by atoms with Crippen molar-refractivity contribution in [2.24, 2.45) is 7.05 Å². The normalized spacial score (nSPS) is 20.6. The van der Waals surface area contributed by atoms with Crippen molar-refractivity contribution in [1.82, 2.24) is 14.7 Å². The summed E-state index contributed by atoms with van der Waals surface area (Å²) < 4.78 is 3.72. The van der Waals surface area contributed by atoms with Gasteiger partial charge in [0, 0.05) is 30.6 Å². The summed E-state index contributed by atoms with van der Waals surface area (Å²) in [6.07, 6.45) is 3.73. The quantitative estimate of drug-likeness (QED) is 0.873. The van der Waals surface area contributed by atoms with Gasteiger partial charge >= 0.3 is 0 Å². The van der Waals surface area contributed by atoms with E-state index < -0.39 is 0 Å². The minimum absolute atomic E-state index is 0.0891. The van der Waals surface area contributed by atoms with Crippen molar-refractivity contribution in [2.75, 3.05) is 5.75 Å². The molecular formula is C19H27N3OS. The lowest BCUT2D eigenvalue weighted by Gasteiger charge is -2.12. The monoisotopic (exact) mass is 345 g/mol. The van der Waals surface area contributed by atoms with Gasteiger partial charge in [-0.05, 0) is 44.1 Å². The first-order valence-electron chi connectivity index (χ1n) is 8.79. The maximum absolute atomic E-state index is 12.9. The van der Waals surface area contributed by atoms with Crippen LogP contribution >= 0.6 is 11.8 Å². The Kier molecular flexibility index (Phi) is 5.51. The number of nitrogens with zero attached hydrogens (tertiary/aromatic N) is 2. The molecule has 0 unspecified atom stereocenters. The van der Waals surface area contributed by atoms with Crippen molar-refractivity contribution in [3.05, 3.63) is 51.9 Å². The van der Waals surface area contributed by atoms with Crippen LogP contribution in [0, 0.1) is 6.92 Å². The number of hydrogen-bond donors (Lipinski definition) is 1. The van der Waals surface area contributed by atoms with Crippen molar-refractivity contribution in [3.63, 3.8) is 0 Å². The summed E-state index contributed by atoms with van der Waals surface area (Å²) in [7, 11) is 1.96. The second-order valence-corrected chi connectivity index (χ2v) is 8.09. The molecule has 1 aliphatic carbocycles. The summed E-state index contributed by atoms with van der Waals surface area (Å²) in [5.74, 6) is 1.19. The highest BCUT2D eigenvalue weighted by atomic mass is 32.2. The molecule has 0 spiro atoms. The van der Waals surface area contributed by atoms with Crippen molar-refractivity contribution in [2.45, 2.75) is 50.9 Å². The number of rotatable bonds is 6. The van der Waals surface area contributed by atoms with Gasteiger partial charge < -0.3 is 5.32 Å². The SMILES string of the molecule is CCS[C@@H]1CC[C@H](NCc2c(C)n(C)n(-c3ccccc3)c2=O)C1. The molecule has 1 aromatic carbocycles. The Morgan fingerprint density at radius 1 is 1.25 bits per heavy atom. The topological polar surface area (TPSA) is 39.0 Å². The molecule has 1 N–H and O–H groups in total. The molecule has 0 amide bonds. The van der Waals surface area contributed by atoms with E-state index in [4.69, 9.17) is 0 Å². The molecule has 1 heterocycles. The van der Waals surface area contributed by atoms with E-state index in [1.165, 1.54) is 25.0 Å². The maximum Gasteiger partial charge on any atom is 0.276 e. The van der Waals surface area contributed by atoms with E-state index in [1.54, 1.807) is 4.68 Å². The molecule has 2 atom stereocenters. The van der Waals surface area contributed by atoms with Crippen LogP contribution < -0.4 is 10.9 Å². The number of hydrogen-bond acceptors (Lipinski definition) is 3. The first kappa shape index (κ1) is 17.4. The number of aromatic nitrogens is 2. The highest BCUT2D eigenvalue weighted by Gasteiger charge is 2.25. The van der Waals surface area contributed by atoms with Crippen molar-refractivity contribution < 1.29 is 0 Å². The molecule has 0 radical (unpaired) electrons. The van der Waals surface area contributed by atoms with E-state index in [0.717, 1.165) is 22.2 Å². The van der Waals surface area contributed by atoms with Crippen LogP contribution in [0.1, 0.15) is 37.4 Å². The van der Waals surface area contributed by atoms with Gasteiger partial charge in [-0.25, -0.2) is 4.68 Å². The Labute approximate surface area is 148 Å². The zero-order valence-corrected chi connectivity index (χ0v) is 15.6. The van der Waals surface area contributed by atoms with Crippen LogP contribution in [-0.2, 0) is 13.6 Å². The van der Waals surface area contributed by atoms with Gasteiger partial charge in [-0.1, -0.05) is 25.1 Å². The number of benzene rings is 1. The molecule has 0 bridgehead atoms. The molecule has 3 rings (SSSR count). The van der Waals surface area contributed by atoms with Gasteiger partial charge in [0.1, 0.15) is 0 Å². The fourth-order valence-electron chi connectivity index (χ4n) is 3.59. The number of nitrogens with one attached hydrogen (secondary N) is 1. The molecule has 1 saturated carbocycles. The number of para-hydroxylation sites is 1. The van der Waals surface area contributed by atoms with Crippen molar-refractivity contribution in [3.8, 4) is 5.69 Å². The lowest BCUT2D eigenvalue weighted by molar-refractivity contribution is 0.523. The third-order valence-electron chi connectivity index (χ3n) is 5.03. The Morgan fingerprint density at radius 2 is 2.00 bits per heavy atom. The number of thioether (sulfide) groups is 1. The van der Waals surface area contributed by atoms with Crippen LogP contribution in [0.5, 0.6) is 0 Å². The first-order chi connectivity index (χ1) is 11.6. The molecule has 24 heavy (non-hydrogen) atoms. The first-order valence-corrected chi connectivity index (χ1v) is 9.84. The second-order valence-electron chi connectivity index (χ2n) is 6.51. The van der Waals surface area contributed by atoms with Gasteiger partial charge in [-0.2, -0.15) is 11.8 Å². The second kappa shape index (κ2) is 7.62. The minimum Gasteiger partial charge on any atom is -0.310 e.